The van der Waals surface area contributed by atoms with E-state index in [-0.39, 0.29) is 11.9 Å². The second-order valence-corrected chi connectivity index (χ2v) is 5.68. The quantitative estimate of drug-likeness (QED) is 0.741. The minimum atomic E-state index is -0.381. The number of imidazole rings is 1. The van der Waals surface area contributed by atoms with Crippen molar-refractivity contribution in [3.63, 3.8) is 0 Å². The molecule has 2 aromatic heterocycles. The van der Waals surface area contributed by atoms with Crippen LogP contribution in [0.25, 0.3) is 5.65 Å². The molecule has 6 nitrogen and oxygen atoms in total. The molecule has 25 heavy (non-hydrogen) atoms. The maximum atomic E-state index is 12.7. The molecule has 0 radical (unpaired) electrons. The Morgan fingerprint density at radius 2 is 1.88 bits per heavy atom. The molecule has 1 aromatic carbocycles. The lowest BCUT2D eigenvalue weighted by molar-refractivity contribution is 0.0526. The highest BCUT2D eigenvalue weighted by molar-refractivity contribution is 6.04. The van der Waals surface area contributed by atoms with Gasteiger partial charge in [-0.25, -0.2) is 9.78 Å². The molecule has 1 amide bonds. The molecular weight excluding hydrogens is 318 g/mol. The molecule has 0 saturated heterocycles. The summed E-state index contributed by atoms with van der Waals surface area (Å²) in [7, 11) is 0. The summed E-state index contributed by atoms with van der Waals surface area (Å²) in [5.74, 6) is -0.632. The topological polar surface area (TPSA) is 72.7 Å². The van der Waals surface area contributed by atoms with E-state index in [0.29, 0.717) is 29.2 Å². The van der Waals surface area contributed by atoms with Gasteiger partial charge in [0.25, 0.3) is 5.91 Å². The monoisotopic (exact) mass is 337 g/mol. The summed E-state index contributed by atoms with van der Waals surface area (Å²) < 4.78 is 6.73. The number of hydrogen-bond donors (Lipinski definition) is 1. The number of rotatable bonds is 4. The molecule has 0 spiro atoms. The molecule has 0 unspecified atom stereocenters. The molecule has 3 rings (SSSR count). The van der Waals surface area contributed by atoms with Crippen LogP contribution in [0.4, 0.5) is 5.69 Å². The summed E-state index contributed by atoms with van der Waals surface area (Å²) in [6.45, 7) is 5.85. The van der Waals surface area contributed by atoms with Crippen molar-refractivity contribution < 1.29 is 14.3 Å². The number of nitrogens with zero attached hydrogens (tertiary/aromatic N) is 2. The highest BCUT2D eigenvalue weighted by atomic mass is 16.5. The first-order chi connectivity index (χ1) is 12.0. The molecule has 3 aromatic rings. The van der Waals surface area contributed by atoms with Gasteiger partial charge in [0, 0.05) is 11.9 Å². The normalized spacial score (nSPS) is 10.7. The van der Waals surface area contributed by atoms with Crippen molar-refractivity contribution in [2.24, 2.45) is 0 Å². The number of ether oxygens (including phenoxy) is 1. The highest BCUT2D eigenvalue weighted by Crippen LogP contribution is 2.18. The summed E-state index contributed by atoms with van der Waals surface area (Å²) in [6.07, 6.45) is 1.82. The van der Waals surface area contributed by atoms with Crippen LogP contribution in [0.1, 0.15) is 39.0 Å². The molecule has 0 aliphatic heterocycles. The Morgan fingerprint density at radius 1 is 1.16 bits per heavy atom. The van der Waals surface area contributed by atoms with Crippen LogP contribution in [0.2, 0.25) is 0 Å². The SMILES string of the molecule is CCOC(=O)c1ccc(NC(=O)c2c(C)nc3c(C)cccn23)cc1. The van der Waals surface area contributed by atoms with Gasteiger partial charge < -0.3 is 10.1 Å². The van der Waals surface area contributed by atoms with E-state index >= 15 is 0 Å². The summed E-state index contributed by atoms with van der Waals surface area (Å²) in [4.78, 5) is 28.8. The maximum Gasteiger partial charge on any atom is 0.338 e. The van der Waals surface area contributed by atoms with Gasteiger partial charge in [0.15, 0.2) is 0 Å². The summed E-state index contributed by atoms with van der Waals surface area (Å²) in [6, 6.07) is 10.4. The van der Waals surface area contributed by atoms with Gasteiger partial charge in [0.2, 0.25) is 0 Å². The number of aromatic nitrogens is 2. The molecule has 0 aliphatic rings. The van der Waals surface area contributed by atoms with Crippen molar-refractivity contribution in [2.45, 2.75) is 20.8 Å². The second kappa shape index (κ2) is 6.76. The van der Waals surface area contributed by atoms with Crippen LogP contribution in [0.5, 0.6) is 0 Å². The van der Waals surface area contributed by atoms with E-state index in [1.807, 2.05) is 32.2 Å². The molecular formula is C19H19N3O3. The molecule has 128 valence electrons. The van der Waals surface area contributed by atoms with E-state index in [2.05, 4.69) is 10.3 Å². The predicted octanol–water partition coefficient (Wildman–Crippen LogP) is 3.38. The number of carbonyl (C=O) groups is 2. The molecule has 0 aliphatic carbocycles. The van der Waals surface area contributed by atoms with Crippen LogP contribution in [0.15, 0.2) is 42.6 Å². The van der Waals surface area contributed by atoms with E-state index in [9.17, 15) is 9.59 Å². The van der Waals surface area contributed by atoms with E-state index in [1.165, 1.54) is 0 Å². The van der Waals surface area contributed by atoms with Gasteiger partial charge in [-0.3, -0.25) is 9.20 Å². The lowest BCUT2D eigenvalue weighted by Gasteiger charge is -2.07. The number of fused-ring (bicyclic) bond motifs is 1. The van der Waals surface area contributed by atoms with Crippen molar-refractivity contribution in [1.29, 1.82) is 0 Å². The first-order valence-electron chi connectivity index (χ1n) is 8.04. The summed E-state index contributed by atoms with van der Waals surface area (Å²) in [5.41, 5.74) is 3.97. The summed E-state index contributed by atoms with van der Waals surface area (Å²) >= 11 is 0. The predicted molar refractivity (Wildman–Crippen MR) is 95.0 cm³/mol. The first kappa shape index (κ1) is 16.7. The minimum absolute atomic E-state index is 0.250. The fraction of sp³-hybridized carbons (Fsp3) is 0.211. The van der Waals surface area contributed by atoms with Gasteiger partial charge in [0.05, 0.1) is 17.9 Å². The Morgan fingerprint density at radius 3 is 2.56 bits per heavy atom. The van der Waals surface area contributed by atoms with Gasteiger partial charge in [0.1, 0.15) is 11.3 Å². The molecule has 6 heteroatoms. The third kappa shape index (κ3) is 3.24. The highest BCUT2D eigenvalue weighted by Gasteiger charge is 2.17. The van der Waals surface area contributed by atoms with E-state index in [1.54, 1.807) is 35.6 Å². The zero-order valence-electron chi connectivity index (χ0n) is 14.4. The van der Waals surface area contributed by atoms with E-state index in [4.69, 9.17) is 4.74 Å². The Bertz CT molecular complexity index is 942. The minimum Gasteiger partial charge on any atom is -0.462 e. The third-order valence-electron chi connectivity index (χ3n) is 3.89. The Balaban J connectivity index is 1.85. The lowest BCUT2D eigenvalue weighted by atomic mass is 10.2. The van der Waals surface area contributed by atoms with Crippen LogP contribution in [-0.4, -0.2) is 27.9 Å². The van der Waals surface area contributed by atoms with Crippen LogP contribution in [0.3, 0.4) is 0 Å². The average molecular weight is 337 g/mol. The lowest BCUT2D eigenvalue weighted by Crippen LogP contribution is -2.15. The fourth-order valence-electron chi connectivity index (χ4n) is 2.69. The largest absolute Gasteiger partial charge is 0.462 e. The molecule has 1 N–H and O–H groups in total. The van der Waals surface area contributed by atoms with Crippen molar-refractivity contribution >= 4 is 23.2 Å². The first-order valence-corrected chi connectivity index (χ1v) is 8.04. The fourth-order valence-corrected chi connectivity index (χ4v) is 2.69. The number of pyridine rings is 1. The Labute approximate surface area is 145 Å². The molecule has 0 saturated carbocycles. The number of nitrogens with one attached hydrogen (secondary N) is 1. The smallest absolute Gasteiger partial charge is 0.338 e. The van der Waals surface area contributed by atoms with Crippen molar-refractivity contribution in [3.8, 4) is 0 Å². The molecule has 2 heterocycles. The van der Waals surface area contributed by atoms with Gasteiger partial charge in [-0.15, -0.1) is 0 Å². The van der Waals surface area contributed by atoms with Crippen molar-refractivity contribution in [1.82, 2.24) is 9.38 Å². The van der Waals surface area contributed by atoms with Crippen LogP contribution in [0, 0.1) is 13.8 Å². The maximum absolute atomic E-state index is 12.7. The molecule has 0 bridgehead atoms. The molecule has 0 fully saturated rings. The zero-order chi connectivity index (χ0) is 18.0. The molecule has 0 atom stereocenters. The Hall–Kier alpha value is -3.15. The third-order valence-corrected chi connectivity index (χ3v) is 3.89. The van der Waals surface area contributed by atoms with Crippen LogP contribution in [-0.2, 0) is 4.74 Å². The Kier molecular flexibility index (Phi) is 4.52. The number of anilines is 1. The van der Waals surface area contributed by atoms with Crippen LogP contribution >= 0.6 is 0 Å². The van der Waals surface area contributed by atoms with Crippen LogP contribution < -0.4 is 5.32 Å². The number of amides is 1. The summed E-state index contributed by atoms with van der Waals surface area (Å²) in [5, 5.41) is 2.84. The number of carbonyl (C=O) groups excluding carboxylic acids is 2. The van der Waals surface area contributed by atoms with E-state index < -0.39 is 0 Å². The zero-order valence-corrected chi connectivity index (χ0v) is 14.4. The number of hydrogen-bond acceptors (Lipinski definition) is 4. The van der Waals surface area contributed by atoms with Crippen molar-refractivity contribution in [2.75, 3.05) is 11.9 Å². The number of aryl methyl sites for hydroxylation is 2. The second-order valence-electron chi connectivity index (χ2n) is 5.68. The van der Waals surface area contributed by atoms with Gasteiger partial charge in [-0.05, 0) is 56.7 Å². The van der Waals surface area contributed by atoms with E-state index in [0.717, 1.165) is 11.2 Å². The number of benzene rings is 1. The number of esters is 1. The average Bonchev–Trinajstić information content (AvgIpc) is 2.93. The van der Waals surface area contributed by atoms with Gasteiger partial charge >= 0.3 is 5.97 Å². The standard InChI is InChI=1S/C19H19N3O3/c1-4-25-19(24)14-7-9-15(10-8-14)21-18(23)16-13(3)20-17-12(2)6-5-11-22(16)17/h5-11H,4H2,1-3H3,(H,21,23). The van der Waals surface area contributed by atoms with Crippen molar-refractivity contribution in [3.05, 3.63) is 65.1 Å². The van der Waals surface area contributed by atoms with Gasteiger partial charge in [-0.1, -0.05) is 6.07 Å². The van der Waals surface area contributed by atoms with Gasteiger partial charge in [-0.2, -0.15) is 0 Å².